The molecular formula is C11H6F6N4O3. The molecule has 0 saturated heterocycles. The molecule has 130 valence electrons. The summed E-state index contributed by atoms with van der Waals surface area (Å²) in [5.74, 6) is -4.90. The number of nitrogens with two attached hydrogens (primary N) is 2. The number of hydrogen-bond acceptors (Lipinski definition) is 4. The minimum absolute atomic E-state index is 0.210. The van der Waals surface area contributed by atoms with Crippen molar-refractivity contribution in [2.75, 3.05) is 0 Å². The number of carbonyl (C=O) groups is 1. The molecule has 0 spiro atoms. The van der Waals surface area contributed by atoms with Crippen molar-refractivity contribution in [1.82, 2.24) is 0 Å². The van der Waals surface area contributed by atoms with Crippen LogP contribution in [-0.4, -0.2) is 24.6 Å². The zero-order chi connectivity index (χ0) is 18.7. The van der Waals surface area contributed by atoms with E-state index in [0.717, 1.165) is 0 Å². The molecule has 13 heteroatoms. The molecule has 0 bridgehead atoms. The number of benzene rings is 1. The van der Waals surface area contributed by atoms with E-state index in [2.05, 4.69) is 14.5 Å². The second-order valence-corrected chi connectivity index (χ2v) is 3.89. The first-order chi connectivity index (χ1) is 10.8. The van der Waals surface area contributed by atoms with E-state index in [1.54, 1.807) is 0 Å². The number of hydrogen-bond donors (Lipinski definition) is 2. The van der Waals surface area contributed by atoms with Gasteiger partial charge in [-0.2, -0.15) is 10.3 Å². The molecule has 0 aliphatic heterocycles. The molecule has 1 aromatic carbocycles. The quantitative estimate of drug-likeness (QED) is 0.483. The topological polar surface area (TPSA) is 124 Å². The summed E-state index contributed by atoms with van der Waals surface area (Å²) < 4.78 is 80.8. The van der Waals surface area contributed by atoms with Crippen LogP contribution in [0.25, 0.3) is 0 Å². The molecule has 4 N–H and O–H groups in total. The van der Waals surface area contributed by atoms with Crippen molar-refractivity contribution in [3.05, 3.63) is 23.3 Å². The molecule has 1 rings (SSSR count). The molecule has 24 heavy (non-hydrogen) atoms. The third kappa shape index (κ3) is 5.55. The number of amides is 1. The predicted octanol–water partition coefficient (Wildman–Crippen LogP) is 1.77. The maximum atomic E-state index is 12.3. The number of carbonyl (C=O) groups excluding carboxylic acids is 1. The summed E-state index contributed by atoms with van der Waals surface area (Å²) in [6.07, 6.45) is -10.6. The van der Waals surface area contributed by atoms with Crippen molar-refractivity contribution in [2.45, 2.75) is 12.7 Å². The highest BCUT2D eigenvalue weighted by Gasteiger charge is 2.36. The van der Waals surface area contributed by atoms with Gasteiger partial charge in [-0.15, -0.1) is 26.3 Å². The van der Waals surface area contributed by atoms with E-state index in [1.807, 2.05) is 0 Å². The Morgan fingerprint density at radius 2 is 1.54 bits per heavy atom. The van der Waals surface area contributed by atoms with E-state index in [9.17, 15) is 31.1 Å². The Morgan fingerprint density at radius 1 is 1.04 bits per heavy atom. The fourth-order valence-electron chi connectivity index (χ4n) is 1.41. The first-order valence-corrected chi connectivity index (χ1v) is 5.56. The van der Waals surface area contributed by atoms with Gasteiger partial charge in [0.15, 0.2) is 5.96 Å². The standard InChI is InChI=1S/C11H6F6N4O3/c12-10(13,14)23-6-2-5(8(22)21-9(19)20)7(1-4(6)3-18)24-11(15,16)17/h1-2H,(H4,19,20,21,22). The Balaban J connectivity index is 3.55. The Kier molecular flexibility index (Phi) is 5.13. The van der Waals surface area contributed by atoms with E-state index in [0.29, 0.717) is 0 Å². The van der Waals surface area contributed by atoms with Gasteiger partial charge >= 0.3 is 12.7 Å². The van der Waals surface area contributed by atoms with E-state index in [-0.39, 0.29) is 12.1 Å². The van der Waals surface area contributed by atoms with Crippen molar-refractivity contribution in [3.63, 3.8) is 0 Å². The number of ether oxygens (including phenoxy) is 2. The molecule has 0 aromatic heterocycles. The Bertz CT molecular complexity index is 716. The monoisotopic (exact) mass is 356 g/mol. The summed E-state index contributed by atoms with van der Waals surface area (Å²) in [5, 5.41) is 8.73. The number of nitrogens with zero attached hydrogens (tertiary/aromatic N) is 2. The minimum atomic E-state index is -5.30. The van der Waals surface area contributed by atoms with E-state index < -0.39 is 47.2 Å². The van der Waals surface area contributed by atoms with Gasteiger partial charge in [0.05, 0.1) is 11.1 Å². The maximum absolute atomic E-state index is 12.3. The molecule has 0 heterocycles. The van der Waals surface area contributed by atoms with Crippen LogP contribution in [0.2, 0.25) is 0 Å². The number of alkyl halides is 6. The Labute approximate surface area is 129 Å². The maximum Gasteiger partial charge on any atom is 0.573 e. The van der Waals surface area contributed by atoms with Crippen LogP contribution in [0.15, 0.2) is 17.1 Å². The van der Waals surface area contributed by atoms with Crippen LogP contribution in [0, 0.1) is 11.3 Å². The molecule has 0 aliphatic carbocycles. The molecule has 7 nitrogen and oxygen atoms in total. The van der Waals surface area contributed by atoms with Crippen LogP contribution in [0.1, 0.15) is 15.9 Å². The second-order valence-electron chi connectivity index (χ2n) is 3.89. The third-order valence-corrected chi connectivity index (χ3v) is 2.11. The van der Waals surface area contributed by atoms with Crippen LogP contribution >= 0.6 is 0 Å². The minimum Gasteiger partial charge on any atom is -0.405 e. The van der Waals surface area contributed by atoms with Crippen LogP contribution < -0.4 is 20.9 Å². The van der Waals surface area contributed by atoms with E-state index in [1.165, 1.54) is 6.07 Å². The van der Waals surface area contributed by atoms with Crippen molar-refractivity contribution in [1.29, 1.82) is 5.26 Å². The van der Waals surface area contributed by atoms with Gasteiger partial charge in [-0.05, 0) is 6.07 Å². The number of aliphatic imine (C=N–C) groups is 1. The van der Waals surface area contributed by atoms with Crippen LogP contribution in [0.3, 0.4) is 0 Å². The lowest BCUT2D eigenvalue weighted by atomic mass is 10.1. The van der Waals surface area contributed by atoms with Gasteiger partial charge in [-0.3, -0.25) is 4.79 Å². The molecule has 0 radical (unpaired) electrons. The average Bonchev–Trinajstić information content (AvgIpc) is 2.35. The number of halogens is 6. The third-order valence-electron chi connectivity index (χ3n) is 2.11. The molecule has 1 amide bonds. The first-order valence-electron chi connectivity index (χ1n) is 5.56. The Hall–Kier alpha value is -3.17. The summed E-state index contributed by atoms with van der Waals surface area (Å²) in [6.45, 7) is 0. The number of guanidine groups is 1. The molecule has 0 atom stereocenters. The molecule has 0 saturated carbocycles. The highest BCUT2D eigenvalue weighted by Crippen LogP contribution is 2.35. The highest BCUT2D eigenvalue weighted by molar-refractivity contribution is 6.04. The van der Waals surface area contributed by atoms with Gasteiger partial charge in [0.2, 0.25) is 0 Å². The van der Waals surface area contributed by atoms with Gasteiger partial charge in [-0.25, -0.2) is 0 Å². The van der Waals surface area contributed by atoms with Gasteiger partial charge in [0, 0.05) is 6.07 Å². The van der Waals surface area contributed by atoms with Gasteiger partial charge in [0.1, 0.15) is 17.6 Å². The van der Waals surface area contributed by atoms with Crippen LogP contribution in [-0.2, 0) is 0 Å². The van der Waals surface area contributed by atoms with Crippen LogP contribution in [0.4, 0.5) is 26.3 Å². The van der Waals surface area contributed by atoms with E-state index >= 15 is 0 Å². The van der Waals surface area contributed by atoms with E-state index in [4.69, 9.17) is 16.7 Å². The molecule has 0 aliphatic rings. The fraction of sp³-hybridized carbons (Fsp3) is 0.182. The van der Waals surface area contributed by atoms with Crippen LogP contribution in [0.5, 0.6) is 11.5 Å². The summed E-state index contributed by atoms with van der Waals surface area (Å²) in [7, 11) is 0. The molecule has 0 unspecified atom stereocenters. The smallest absolute Gasteiger partial charge is 0.405 e. The summed E-state index contributed by atoms with van der Waals surface area (Å²) in [4.78, 5) is 14.6. The second kappa shape index (κ2) is 6.52. The van der Waals surface area contributed by atoms with Crippen molar-refractivity contribution in [3.8, 4) is 17.6 Å². The van der Waals surface area contributed by atoms with Gasteiger partial charge in [-0.1, -0.05) is 0 Å². The summed E-state index contributed by atoms with van der Waals surface area (Å²) in [5.41, 5.74) is 7.71. The summed E-state index contributed by atoms with van der Waals surface area (Å²) in [6, 6.07) is 1.63. The normalized spacial score (nSPS) is 11.4. The predicted molar refractivity (Wildman–Crippen MR) is 64.7 cm³/mol. The Morgan fingerprint density at radius 3 is 1.96 bits per heavy atom. The lowest BCUT2D eigenvalue weighted by molar-refractivity contribution is -0.277. The van der Waals surface area contributed by atoms with Crippen molar-refractivity contribution >= 4 is 11.9 Å². The zero-order valence-electron chi connectivity index (χ0n) is 11.2. The SMILES string of the molecule is N#Cc1cc(OC(F)(F)F)c(C(=O)N=C(N)N)cc1OC(F)(F)F. The summed E-state index contributed by atoms with van der Waals surface area (Å²) >= 11 is 0. The fourth-order valence-corrected chi connectivity index (χ4v) is 1.41. The molecule has 0 fully saturated rings. The van der Waals surface area contributed by atoms with Crippen molar-refractivity contribution in [2.24, 2.45) is 16.5 Å². The largest absolute Gasteiger partial charge is 0.573 e. The highest BCUT2D eigenvalue weighted by atomic mass is 19.4. The average molecular weight is 356 g/mol. The lowest BCUT2D eigenvalue weighted by Gasteiger charge is -2.15. The van der Waals surface area contributed by atoms with Gasteiger partial charge < -0.3 is 20.9 Å². The molecule has 1 aromatic rings. The lowest BCUT2D eigenvalue weighted by Crippen LogP contribution is -2.25. The zero-order valence-corrected chi connectivity index (χ0v) is 11.2. The first kappa shape index (κ1) is 18.9. The number of rotatable bonds is 3. The van der Waals surface area contributed by atoms with Crippen molar-refractivity contribution < 1.29 is 40.6 Å². The number of nitriles is 1. The molecular weight excluding hydrogens is 350 g/mol. The van der Waals surface area contributed by atoms with Gasteiger partial charge in [0.25, 0.3) is 5.91 Å².